The highest BCUT2D eigenvalue weighted by molar-refractivity contribution is 5.95. The van der Waals surface area contributed by atoms with Crippen LogP contribution in [0.25, 0.3) is 0 Å². The van der Waals surface area contributed by atoms with Crippen molar-refractivity contribution in [3.05, 3.63) is 40.6 Å². The maximum Gasteiger partial charge on any atom is 0.338 e. The van der Waals surface area contributed by atoms with Crippen molar-refractivity contribution in [1.29, 1.82) is 0 Å². The molecule has 0 bridgehead atoms. The molecule has 1 atom stereocenters. The summed E-state index contributed by atoms with van der Waals surface area (Å²) < 4.78 is 10.7. The Morgan fingerprint density at radius 3 is 2.52 bits per heavy atom. The molecule has 1 heterocycles. The fourth-order valence-electron chi connectivity index (χ4n) is 3.21. The summed E-state index contributed by atoms with van der Waals surface area (Å²) in [4.78, 5) is 26.8. The highest BCUT2D eigenvalue weighted by Gasteiger charge is 2.32. The third kappa shape index (κ3) is 4.80. The standard InChI is InChI=1S/C20H29N3O4/c1-6-23(7-2)12-15-11-14(9-10-16(15)26-5)18-17(19(24)27-8-3)13(4)21-20(25)22-18/h9-11,18H,6-8,12H2,1-5H3,(H2,21,22,25). The normalized spacial score (nSPS) is 16.8. The molecule has 1 aromatic carbocycles. The van der Waals surface area contributed by atoms with Crippen LogP contribution in [0.15, 0.2) is 29.5 Å². The van der Waals surface area contributed by atoms with Crippen molar-refractivity contribution in [3.8, 4) is 5.75 Å². The van der Waals surface area contributed by atoms with Crippen molar-refractivity contribution in [3.63, 3.8) is 0 Å². The summed E-state index contributed by atoms with van der Waals surface area (Å²) in [6.45, 7) is 10.5. The minimum absolute atomic E-state index is 0.270. The first-order valence-electron chi connectivity index (χ1n) is 9.29. The smallest absolute Gasteiger partial charge is 0.338 e. The van der Waals surface area contributed by atoms with Gasteiger partial charge in [0.05, 0.1) is 25.3 Å². The fourth-order valence-corrected chi connectivity index (χ4v) is 3.21. The Bertz CT molecular complexity index is 726. The lowest BCUT2D eigenvalue weighted by molar-refractivity contribution is -0.139. The second-order valence-corrected chi connectivity index (χ2v) is 6.32. The molecule has 1 aliphatic rings. The quantitative estimate of drug-likeness (QED) is 0.683. The molecule has 1 unspecified atom stereocenters. The van der Waals surface area contributed by atoms with Gasteiger partial charge in [-0.1, -0.05) is 19.9 Å². The molecule has 7 nitrogen and oxygen atoms in total. The van der Waals surface area contributed by atoms with Crippen molar-refractivity contribution in [2.45, 2.75) is 40.3 Å². The van der Waals surface area contributed by atoms with Gasteiger partial charge in [-0.25, -0.2) is 9.59 Å². The summed E-state index contributed by atoms with van der Waals surface area (Å²) in [5.74, 6) is 0.345. The van der Waals surface area contributed by atoms with Crippen molar-refractivity contribution < 1.29 is 19.1 Å². The number of esters is 1. The third-order valence-corrected chi connectivity index (χ3v) is 4.69. The predicted octanol–water partition coefficient (Wildman–Crippen LogP) is 2.73. The average molecular weight is 375 g/mol. The number of urea groups is 1. The topological polar surface area (TPSA) is 79.9 Å². The highest BCUT2D eigenvalue weighted by atomic mass is 16.5. The molecule has 1 aliphatic heterocycles. The zero-order valence-electron chi connectivity index (χ0n) is 16.7. The number of amides is 2. The van der Waals surface area contributed by atoms with E-state index in [-0.39, 0.29) is 12.6 Å². The SMILES string of the molecule is CCOC(=O)C1=C(C)NC(=O)NC1c1ccc(OC)c(CN(CC)CC)c1. The van der Waals surface area contributed by atoms with E-state index in [2.05, 4.69) is 29.4 Å². The molecule has 0 aromatic heterocycles. The molecule has 27 heavy (non-hydrogen) atoms. The monoisotopic (exact) mass is 375 g/mol. The first-order chi connectivity index (χ1) is 12.9. The lowest BCUT2D eigenvalue weighted by atomic mass is 9.94. The maximum atomic E-state index is 12.5. The maximum absolute atomic E-state index is 12.5. The van der Waals surface area contributed by atoms with Crippen molar-refractivity contribution >= 4 is 12.0 Å². The van der Waals surface area contributed by atoms with Gasteiger partial charge in [0.25, 0.3) is 0 Å². The molecule has 0 aliphatic carbocycles. The zero-order valence-corrected chi connectivity index (χ0v) is 16.7. The van der Waals surface area contributed by atoms with Crippen molar-refractivity contribution in [2.75, 3.05) is 26.8 Å². The van der Waals surface area contributed by atoms with Crippen molar-refractivity contribution in [1.82, 2.24) is 15.5 Å². The third-order valence-electron chi connectivity index (χ3n) is 4.69. The summed E-state index contributed by atoms with van der Waals surface area (Å²) in [6.07, 6.45) is 0. The number of hydrogen-bond donors (Lipinski definition) is 2. The second kappa shape index (κ2) is 9.41. The van der Waals surface area contributed by atoms with E-state index in [1.807, 2.05) is 18.2 Å². The first-order valence-corrected chi connectivity index (χ1v) is 9.29. The van der Waals surface area contributed by atoms with E-state index in [1.165, 1.54) is 0 Å². The molecule has 0 saturated carbocycles. The van der Waals surface area contributed by atoms with Gasteiger partial charge in [-0.15, -0.1) is 0 Å². The second-order valence-electron chi connectivity index (χ2n) is 6.32. The summed E-state index contributed by atoms with van der Waals surface area (Å²) >= 11 is 0. The van der Waals surface area contributed by atoms with Crippen LogP contribution in [-0.4, -0.2) is 43.7 Å². The molecule has 148 valence electrons. The Hall–Kier alpha value is -2.54. The Balaban J connectivity index is 2.46. The summed E-state index contributed by atoms with van der Waals surface area (Å²) in [5.41, 5.74) is 2.74. The predicted molar refractivity (Wildman–Crippen MR) is 103 cm³/mol. The van der Waals surface area contributed by atoms with Gasteiger partial charge in [0.2, 0.25) is 0 Å². The number of nitrogens with zero attached hydrogens (tertiary/aromatic N) is 1. The number of ether oxygens (including phenoxy) is 2. The van der Waals surface area contributed by atoms with Crippen LogP contribution in [0.2, 0.25) is 0 Å². The van der Waals surface area contributed by atoms with Crippen LogP contribution in [0.1, 0.15) is 44.9 Å². The Morgan fingerprint density at radius 1 is 1.22 bits per heavy atom. The van der Waals surface area contributed by atoms with Crippen LogP contribution >= 0.6 is 0 Å². The lowest BCUT2D eigenvalue weighted by Crippen LogP contribution is -2.45. The van der Waals surface area contributed by atoms with E-state index < -0.39 is 12.0 Å². The molecule has 1 aromatic rings. The molecule has 0 saturated heterocycles. The average Bonchev–Trinajstić information content (AvgIpc) is 2.65. The Kier molecular flexibility index (Phi) is 7.24. The minimum Gasteiger partial charge on any atom is -0.496 e. The van der Waals surface area contributed by atoms with Crippen LogP contribution in [0.4, 0.5) is 4.79 Å². The summed E-state index contributed by atoms with van der Waals surface area (Å²) in [5, 5.41) is 5.49. The van der Waals surface area contributed by atoms with Gasteiger partial charge in [0, 0.05) is 17.8 Å². The fraction of sp³-hybridized carbons (Fsp3) is 0.500. The van der Waals surface area contributed by atoms with E-state index in [4.69, 9.17) is 9.47 Å². The lowest BCUT2D eigenvalue weighted by Gasteiger charge is -2.29. The highest BCUT2D eigenvalue weighted by Crippen LogP contribution is 2.31. The van der Waals surface area contributed by atoms with Gasteiger partial charge in [0.1, 0.15) is 5.75 Å². The summed E-state index contributed by atoms with van der Waals surface area (Å²) in [7, 11) is 1.64. The Labute approximate surface area is 160 Å². The summed E-state index contributed by atoms with van der Waals surface area (Å²) in [6, 6.07) is 4.82. The molecule has 0 fully saturated rings. The molecule has 2 rings (SSSR count). The van der Waals surface area contributed by atoms with Crippen LogP contribution in [-0.2, 0) is 16.1 Å². The molecule has 7 heteroatoms. The number of nitrogens with one attached hydrogen (secondary N) is 2. The number of rotatable bonds is 8. The van der Waals surface area contributed by atoms with Crippen LogP contribution in [0, 0.1) is 0 Å². The van der Waals surface area contributed by atoms with E-state index in [1.54, 1.807) is 21.0 Å². The molecule has 2 amide bonds. The van der Waals surface area contributed by atoms with Gasteiger partial charge in [-0.05, 0) is 44.6 Å². The molecule has 0 radical (unpaired) electrons. The number of methoxy groups -OCH3 is 1. The van der Waals surface area contributed by atoms with Crippen LogP contribution in [0.5, 0.6) is 5.75 Å². The van der Waals surface area contributed by atoms with E-state index in [0.29, 0.717) is 11.3 Å². The Morgan fingerprint density at radius 2 is 1.93 bits per heavy atom. The molecule has 0 spiro atoms. The van der Waals surface area contributed by atoms with E-state index >= 15 is 0 Å². The number of carbonyl (C=O) groups excluding carboxylic acids is 2. The largest absolute Gasteiger partial charge is 0.496 e. The number of carbonyl (C=O) groups is 2. The van der Waals surface area contributed by atoms with Crippen LogP contribution in [0.3, 0.4) is 0 Å². The van der Waals surface area contributed by atoms with Gasteiger partial charge in [0.15, 0.2) is 0 Å². The van der Waals surface area contributed by atoms with Crippen LogP contribution < -0.4 is 15.4 Å². The molecule has 2 N–H and O–H groups in total. The first kappa shape index (κ1) is 20.8. The minimum atomic E-state index is -0.570. The van der Waals surface area contributed by atoms with E-state index in [9.17, 15) is 9.59 Å². The van der Waals surface area contributed by atoms with Gasteiger partial charge in [-0.2, -0.15) is 0 Å². The zero-order chi connectivity index (χ0) is 20.0. The van der Waals surface area contributed by atoms with Gasteiger partial charge >= 0.3 is 12.0 Å². The number of benzene rings is 1. The van der Waals surface area contributed by atoms with Crippen molar-refractivity contribution in [2.24, 2.45) is 0 Å². The molecular weight excluding hydrogens is 346 g/mol. The number of allylic oxidation sites excluding steroid dienone is 1. The molecular formula is C20H29N3O4. The van der Waals surface area contributed by atoms with Gasteiger partial charge < -0.3 is 20.1 Å². The van der Waals surface area contributed by atoms with E-state index in [0.717, 1.165) is 36.5 Å². The number of hydrogen-bond acceptors (Lipinski definition) is 5. The van der Waals surface area contributed by atoms with Gasteiger partial charge in [-0.3, -0.25) is 4.90 Å².